The van der Waals surface area contributed by atoms with Crippen molar-refractivity contribution >= 4 is 13.7 Å². The van der Waals surface area contributed by atoms with E-state index >= 15 is 0 Å². The summed E-state index contributed by atoms with van der Waals surface area (Å²) in [5.41, 5.74) is 0. The van der Waals surface area contributed by atoms with Gasteiger partial charge in [0.2, 0.25) is 5.91 Å². The van der Waals surface area contributed by atoms with Gasteiger partial charge < -0.3 is 19.8 Å². The number of rotatable bonds is 51. The molecule has 3 N–H and O–H groups in total. The van der Waals surface area contributed by atoms with Gasteiger partial charge in [0, 0.05) is 6.42 Å². The van der Waals surface area contributed by atoms with Crippen LogP contribution in [0.15, 0.2) is 36.5 Å². The molecule has 0 bridgehead atoms. The molecule has 0 saturated heterocycles. The zero-order chi connectivity index (χ0) is 47.8. The number of aliphatic hydroxyl groups is 1. The first-order chi connectivity index (χ1) is 31.5. The Labute approximate surface area is 404 Å². The zero-order valence-electron chi connectivity index (χ0n) is 43.7. The highest BCUT2D eigenvalue weighted by atomic mass is 31.2. The maximum Gasteiger partial charge on any atom is 0.472 e. The molecule has 3 unspecified atom stereocenters. The average molecular weight is 938 g/mol. The van der Waals surface area contributed by atoms with E-state index in [0.29, 0.717) is 17.4 Å². The summed E-state index contributed by atoms with van der Waals surface area (Å²) < 4.78 is 23.6. The Hall–Kier alpha value is -1.28. The van der Waals surface area contributed by atoms with E-state index in [-0.39, 0.29) is 19.1 Å². The van der Waals surface area contributed by atoms with Crippen molar-refractivity contribution in [2.75, 3.05) is 40.9 Å². The lowest BCUT2D eigenvalue weighted by molar-refractivity contribution is -0.870. The molecule has 9 heteroatoms. The Morgan fingerprint density at radius 3 is 1.23 bits per heavy atom. The van der Waals surface area contributed by atoms with E-state index in [9.17, 15) is 19.4 Å². The molecule has 0 heterocycles. The van der Waals surface area contributed by atoms with Gasteiger partial charge in [-0.15, -0.1) is 0 Å². The Morgan fingerprint density at radius 1 is 0.508 bits per heavy atom. The Bertz CT molecular complexity index is 1150. The molecule has 0 aromatic heterocycles. The topological polar surface area (TPSA) is 105 Å². The fourth-order valence-corrected chi connectivity index (χ4v) is 8.93. The fraction of sp³-hybridized carbons (Fsp3) is 0.875. The number of hydrogen-bond acceptors (Lipinski definition) is 5. The molecule has 384 valence electrons. The summed E-state index contributed by atoms with van der Waals surface area (Å²) in [5.74, 6) is -0.188. The second-order valence-electron chi connectivity index (χ2n) is 20.3. The number of amides is 1. The van der Waals surface area contributed by atoms with Crippen LogP contribution < -0.4 is 5.32 Å². The van der Waals surface area contributed by atoms with Crippen LogP contribution in [0.25, 0.3) is 0 Å². The van der Waals surface area contributed by atoms with E-state index in [1.54, 1.807) is 6.08 Å². The van der Waals surface area contributed by atoms with Gasteiger partial charge in [-0.2, -0.15) is 0 Å². The van der Waals surface area contributed by atoms with Crippen molar-refractivity contribution in [2.24, 2.45) is 0 Å². The van der Waals surface area contributed by atoms with Crippen molar-refractivity contribution in [2.45, 2.75) is 276 Å². The fourth-order valence-electron chi connectivity index (χ4n) is 8.19. The molecule has 0 aliphatic rings. The third-order valence-corrected chi connectivity index (χ3v) is 13.6. The molecule has 0 radical (unpaired) electrons. The molecule has 0 rings (SSSR count). The molecule has 0 spiro atoms. The van der Waals surface area contributed by atoms with Crippen molar-refractivity contribution in [1.82, 2.24) is 5.32 Å². The zero-order valence-corrected chi connectivity index (χ0v) is 44.6. The minimum absolute atomic E-state index is 0.0550. The third-order valence-electron chi connectivity index (χ3n) is 12.6. The molecular weight excluding hydrogens is 828 g/mol. The normalized spacial score (nSPS) is 14.3. The molecule has 0 aliphatic heterocycles. The van der Waals surface area contributed by atoms with Crippen molar-refractivity contribution in [3.63, 3.8) is 0 Å². The lowest BCUT2D eigenvalue weighted by Gasteiger charge is -2.25. The maximum absolute atomic E-state index is 12.9. The van der Waals surface area contributed by atoms with E-state index in [0.717, 1.165) is 44.9 Å². The van der Waals surface area contributed by atoms with E-state index in [1.807, 2.05) is 27.2 Å². The summed E-state index contributed by atoms with van der Waals surface area (Å²) in [5, 5.41) is 13.9. The number of likely N-dealkylation sites (N-methyl/N-ethyl adjacent to an activating group) is 1. The number of carbonyl (C=O) groups excluding carboxylic acids is 1. The number of phosphoric acid groups is 1. The molecule has 0 fully saturated rings. The molecule has 3 atom stereocenters. The van der Waals surface area contributed by atoms with Gasteiger partial charge in [-0.3, -0.25) is 13.8 Å². The first kappa shape index (κ1) is 63.7. The van der Waals surface area contributed by atoms with Crippen molar-refractivity contribution in [3.8, 4) is 0 Å². The Kier molecular flexibility index (Phi) is 46.8. The maximum atomic E-state index is 12.9. The Balaban J connectivity index is 4.27. The summed E-state index contributed by atoms with van der Waals surface area (Å²) >= 11 is 0. The van der Waals surface area contributed by atoms with Crippen LogP contribution in [-0.4, -0.2) is 73.4 Å². The summed E-state index contributed by atoms with van der Waals surface area (Å²) in [7, 11) is 1.55. The number of nitrogens with one attached hydrogen (secondary N) is 1. The van der Waals surface area contributed by atoms with Crippen LogP contribution in [0.2, 0.25) is 0 Å². The van der Waals surface area contributed by atoms with Crippen molar-refractivity contribution in [1.29, 1.82) is 0 Å². The molecule has 65 heavy (non-hydrogen) atoms. The molecule has 1 amide bonds. The second-order valence-corrected chi connectivity index (χ2v) is 21.8. The lowest BCUT2D eigenvalue weighted by Crippen LogP contribution is -2.45. The predicted octanol–water partition coefficient (Wildman–Crippen LogP) is 16.6. The lowest BCUT2D eigenvalue weighted by atomic mass is 10.0. The van der Waals surface area contributed by atoms with Crippen molar-refractivity contribution in [3.05, 3.63) is 36.5 Å². The highest BCUT2D eigenvalue weighted by Gasteiger charge is 2.27. The van der Waals surface area contributed by atoms with Crippen LogP contribution in [-0.2, 0) is 18.4 Å². The summed E-state index contributed by atoms with van der Waals surface area (Å²) in [4.78, 5) is 23.2. The molecule has 0 saturated carbocycles. The largest absolute Gasteiger partial charge is 0.472 e. The van der Waals surface area contributed by atoms with E-state index in [1.165, 1.54) is 199 Å². The molecule has 0 aromatic rings. The average Bonchev–Trinajstić information content (AvgIpc) is 3.26. The number of allylic oxidation sites excluding steroid dienone is 5. The molecule has 0 aliphatic carbocycles. The van der Waals surface area contributed by atoms with Gasteiger partial charge in [0.15, 0.2) is 0 Å². The number of nitrogens with zero attached hydrogens (tertiary/aromatic N) is 1. The van der Waals surface area contributed by atoms with Gasteiger partial charge in [-0.25, -0.2) is 4.57 Å². The first-order valence-electron chi connectivity index (χ1n) is 27.9. The molecule has 0 aromatic carbocycles. The number of carbonyl (C=O) groups is 1. The van der Waals surface area contributed by atoms with Gasteiger partial charge in [-0.1, -0.05) is 249 Å². The monoisotopic (exact) mass is 938 g/mol. The quantitative estimate of drug-likeness (QED) is 0.0243. The highest BCUT2D eigenvalue weighted by Crippen LogP contribution is 2.43. The summed E-state index contributed by atoms with van der Waals surface area (Å²) in [6.45, 7) is 4.82. The summed E-state index contributed by atoms with van der Waals surface area (Å²) in [6, 6.07) is -0.867. The van der Waals surface area contributed by atoms with Gasteiger partial charge in [-0.05, 0) is 44.9 Å². The number of phosphoric ester groups is 1. The smallest absolute Gasteiger partial charge is 0.387 e. The highest BCUT2D eigenvalue weighted by molar-refractivity contribution is 7.47. The van der Waals surface area contributed by atoms with Crippen LogP contribution in [0.5, 0.6) is 0 Å². The third kappa shape index (κ3) is 50.4. The van der Waals surface area contributed by atoms with E-state index in [4.69, 9.17) is 9.05 Å². The number of hydrogen-bond donors (Lipinski definition) is 3. The minimum Gasteiger partial charge on any atom is -0.387 e. The second kappa shape index (κ2) is 47.8. The van der Waals surface area contributed by atoms with Crippen LogP contribution in [0.1, 0.15) is 264 Å². The number of unbranched alkanes of at least 4 members (excludes halogenated alkanes) is 34. The van der Waals surface area contributed by atoms with Crippen molar-refractivity contribution < 1.29 is 32.9 Å². The van der Waals surface area contributed by atoms with Crippen LogP contribution in [0.4, 0.5) is 0 Å². The van der Waals surface area contributed by atoms with Gasteiger partial charge in [0.05, 0.1) is 39.9 Å². The van der Waals surface area contributed by atoms with Gasteiger partial charge >= 0.3 is 7.82 Å². The Morgan fingerprint density at radius 2 is 0.846 bits per heavy atom. The van der Waals surface area contributed by atoms with Gasteiger partial charge in [0.25, 0.3) is 0 Å². The van der Waals surface area contributed by atoms with Crippen LogP contribution in [0, 0.1) is 0 Å². The van der Waals surface area contributed by atoms with Crippen LogP contribution in [0.3, 0.4) is 0 Å². The van der Waals surface area contributed by atoms with E-state index < -0.39 is 20.0 Å². The molecule has 8 nitrogen and oxygen atoms in total. The van der Waals surface area contributed by atoms with Gasteiger partial charge in [0.1, 0.15) is 13.2 Å². The molecular formula is C56H110N2O6P+. The minimum atomic E-state index is -4.35. The number of aliphatic hydroxyl groups excluding tert-OH is 1. The predicted molar refractivity (Wildman–Crippen MR) is 281 cm³/mol. The first-order valence-corrected chi connectivity index (χ1v) is 29.4. The standard InChI is InChI=1S/C56H109N2O6P/c1-6-8-10-12-14-16-18-20-22-24-25-26-27-28-29-30-31-32-33-34-35-37-39-41-43-45-47-49-55(59)54(53-64-65(61,62)63-52-51-58(3,4)5)57-56(60)50-48-46-44-42-40-38-36-23-21-19-17-15-13-11-9-7-2/h33-34,39,41,47,49,54-55,59H,6-32,35-38,40,42-46,48,50-53H2,1-5H3,(H-,57,60,61,62)/p+1/b34-33+,41-39+,49-47+. The van der Waals surface area contributed by atoms with E-state index in [2.05, 4.69) is 43.5 Å². The SMILES string of the molecule is CCCCCCCCCCCCCCCCCCC/C=C/CC/C=C/CC/C=C/C(O)C(COP(=O)(O)OCC[N+](C)(C)C)NC(=O)CCCCCCCCCCCCCCCCCC. The number of quaternary nitrogens is 1. The van der Waals surface area contributed by atoms with Crippen LogP contribution >= 0.6 is 7.82 Å². The summed E-state index contributed by atoms with van der Waals surface area (Å²) in [6.07, 6.45) is 61.1.